The SMILES string of the molecule is CS(=O)(=O)c1cccc(C(=O)Nc2ccc(-n3nc(C4CC4)cc3C3CC3)cc2)c1. The summed E-state index contributed by atoms with van der Waals surface area (Å²) in [6, 6.07) is 15.9. The number of hydrogen-bond acceptors (Lipinski definition) is 4. The summed E-state index contributed by atoms with van der Waals surface area (Å²) in [5.74, 6) is 0.874. The first-order valence-electron chi connectivity index (χ1n) is 10.2. The van der Waals surface area contributed by atoms with Gasteiger partial charge in [0, 0.05) is 35.0 Å². The molecule has 1 aromatic heterocycles. The second kappa shape index (κ2) is 7.09. The van der Waals surface area contributed by atoms with Crippen LogP contribution in [-0.4, -0.2) is 30.4 Å². The van der Waals surface area contributed by atoms with Crippen LogP contribution in [0.3, 0.4) is 0 Å². The molecule has 2 aliphatic rings. The molecule has 30 heavy (non-hydrogen) atoms. The molecule has 5 rings (SSSR count). The zero-order valence-electron chi connectivity index (χ0n) is 16.7. The monoisotopic (exact) mass is 421 g/mol. The van der Waals surface area contributed by atoms with Crippen LogP contribution in [0.15, 0.2) is 59.5 Å². The summed E-state index contributed by atoms with van der Waals surface area (Å²) < 4.78 is 25.5. The van der Waals surface area contributed by atoms with Gasteiger partial charge in [-0.15, -0.1) is 0 Å². The Morgan fingerprint density at radius 2 is 1.70 bits per heavy atom. The lowest BCUT2D eigenvalue weighted by Crippen LogP contribution is -2.13. The van der Waals surface area contributed by atoms with Crippen molar-refractivity contribution in [3.63, 3.8) is 0 Å². The van der Waals surface area contributed by atoms with E-state index in [4.69, 9.17) is 5.10 Å². The summed E-state index contributed by atoms with van der Waals surface area (Å²) in [7, 11) is -3.36. The average molecular weight is 422 g/mol. The highest BCUT2D eigenvalue weighted by atomic mass is 32.2. The van der Waals surface area contributed by atoms with Crippen LogP contribution in [0.4, 0.5) is 5.69 Å². The van der Waals surface area contributed by atoms with Crippen LogP contribution in [0.1, 0.15) is 59.3 Å². The van der Waals surface area contributed by atoms with Crippen LogP contribution in [0.25, 0.3) is 5.69 Å². The van der Waals surface area contributed by atoms with E-state index in [-0.39, 0.29) is 10.8 Å². The summed E-state index contributed by atoms with van der Waals surface area (Å²) in [6.07, 6.45) is 6.02. The van der Waals surface area contributed by atoms with Crippen molar-refractivity contribution < 1.29 is 13.2 Å². The normalized spacial score (nSPS) is 16.4. The van der Waals surface area contributed by atoms with Crippen LogP contribution in [-0.2, 0) is 9.84 Å². The number of sulfone groups is 1. The number of hydrogen-bond donors (Lipinski definition) is 1. The molecule has 6 nitrogen and oxygen atoms in total. The molecular weight excluding hydrogens is 398 g/mol. The molecule has 0 saturated heterocycles. The number of carbonyl (C=O) groups is 1. The molecule has 7 heteroatoms. The van der Waals surface area contributed by atoms with Gasteiger partial charge in [0.05, 0.1) is 16.3 Å². The first-order valence-corrected chi connectivity index (χ1v) is 12.1. The van der Waals surface area contributed by atoms with Crippen LogP contribution < -0.4 is 5.32 Å². The fourth-order valence-corrected chi connectivity index (χ4v) is 4.29. The number of carbonyl (C=O) groups excluding carboxylic acids is 1. The maximum atomic E-state index is 12.6. The van der Waals surface area contributed by atoms with E-state index in [1.807, 2.05) is 28.9 Å². The van der Waals surface area contributed by atoms with E-state index in [1.165, 1.54) is 49.2 Å². The summed E-state index contributed by atoms with van der Waals surface area (Å²) in [5.41, 5.74) is 4.42. The molecule has 0 radical (unpaired) electrons. The topological polar surface area (TPSA) is 81.1 Å². The van der Waals surface area contributed by atoms with Gasteiger partial charge in [0.25, 0.3) is 5.91 Å². The number of nitrogens with zero attached hydrogens (tertiary/aromatic N) is 2. The highest BCUT2D eigenvalue weighted by Crippen LogP contribution is 2.45. The second-order valence-electron chi connectivity index (χ2n) is 8.26. The first kappa shape index (κ1) is 19.1. The number of anilines is 1. The highest BCUT2D eigenvalue weighted by Gasteiger charge is 2.32. The van der Waals surface area contributed by atoms with Crippen molar-refractivity contribution in [3.05, 3.63) is 71.5 Å². The van der Waals surface area contributed by atoms with Crippen molar-refractivity contribution in [2.75, 3.05) is 11.6 Å². The van der Waals surface area contributed by atoms with Crippen molar-refractivity contribution in [1.82, 2.24) is 9.78 Å². The zero-order valence-corrected chi connectivity index (χ0v) is 17.5. The molecule has 0 unspecified atom stereocenters. The van der Waals surface area contributed by atoms with E-state index < -0.39 is 9.84 Å². The molecule has 2 aliphatic carbocycles. The fraction of sp³-hybridized carbons (Fsp3) is 0.304. The van der Waals surface area contributed by atoms with Gasteiger partial charge in [0.2, 0.25) is 0 Å². The smallest absolute Gasteiger partial charge is 0.255 e. The third-order valence-corrected chi connectivity index (χ3v) is 6.75. The fourth-order valence-electron chi connectivity index (χ4n) is 3.63. The molecule has 1 heterocycles. The standard InChI is InChI=1S/C23H23N3O3S/c1-30(28,29)20-4-2-3-17(13-20)23(27)24-18-9-11-19(12-10-18)26-22(16-7-8-16)14-21(25-26)15-5-6-15/h2-4,9-16H,5-8H2,1H3,(H,24,27). The summed E-state index contributed by atoms with van der Waals surface area (Å²) in [6.45, 7) is 0. The van der Waals surface area contributed by atoms with Crippen LogP contribution >= 0.6 is 0 Å². The van der Waals surface area contributed by atoms with E-state index in [0.717, 1.165) is 11.9 Å². The van der Waals surface area contributed by atoms with E-state index in [0.29, 0.717) is 23.1 Å². The Hall–Kier alpha value is -2.93. The Labute approximate surface area is 175 Å². The molecule has 2 saturated carbocycles. The summed E-state index contributed by atoms with van der Waals surface area (Å²) >= 11 is 0. The highest BCUT2D eigenvalue weighted by molar-refractivity contribution is 7.90. The van der Waals surface area contributed by atoms with Gasteiger partial charge in [0.15, 0.2) is 9.84 Å². The van der Waals surface area contributed by atoms with Crippen molar-refractivity contribution in [2.45, 2.75) is 42.4 Å². The van der Waals surface area contributed by atoms with Gasteiger partial charge >= 0.3 is 0 Å². The van der Waals surface area contributed by atoms with Gasteiger partial charge in [-0.3, -0.25) is 4.79 Å². The van der Waals surface area contributed by atoms with Gasteiger partial charge in [-0.1, -0.05) is 6.07 Å². The second-order valence-corrected chi connectivity index (χ2v) is 10.3. The molecule has 154 valence electrons. The zero-order chi connectivity index (χ0) is 20.9. The minimum atomic E-state index is -3.36. The Balaban J connectivity index is 1.35. The van der Waals surface area contributed by atoms with E-state index in [2.05, 4.69) is 11.4 Å². The summed E-state index contributed by atoms with van der Waals surface area (Å²) in [4.78, 5) is 12.7. The van der Waals surface area contributed by atoms with Crippen molar-refractivity contribution in [3.8, 4) is 5.69 Å². The quantitative estimate of drug-likeness (QED) is 0.644. The minimum absolute atomic E-state index is 0.128. The predicted molar refractivity (Wildman–Crippen MR) is 115 cm³/mol. The van der Waals surface area contributed by atoms with Crippen molar-refractivity contribution >= 4 is 21.4 Å². The van der Waals surface area contributed by atoms with Crippen molar-refractivity contribution in [2.24, 2.45) is 0 Å². The molecule has 3 aromatic rings. The van der Waals surface area contributed by atoms with Gasteiger partial charge in [-0.05, 0) is 74.2 Å². The summed E-state index contributed by atoms with van der Waals surface area (Å²) in [5, 5.41) is 7.68. The lowest BCUT2D eigenvalue weighted by Gasteiger charge is -2.09. The van der Waals surface area contributed by atoms with E-state index in [1.54, 1.807) is 12.1 Å². The van der Waals surface area contributed by atoms with Gasteiger partial charge in [-0.25, -0.2) is 13.1 Å². The molecule has 2 aromatic carbocycles. The molecule has 0 aliphatic heterocycles. The number of nitrogens with one attached hydrogen (secondary N) is 1. The molecule has 0 spiro atoms. The number of amides is 1. The van der Waals surface area contributed by atoms with E-state index in [9.17, 15) is 13.2 Å². The van der Waals surface area contributed by atoms with E-state index >= 15 is 0 Å². The Morgan fingerprint density at radius 1 is 1.00 bits per heavy atom. The average Bonchev–Trinajstić information content (AvgIpc) is 3.66. The molecule has 0 atom stereocenters. The number of aromatic nitrogens is 2. The van der Waals surface area contributed by atoms with Gasteiger partial charge < -0.3 is 5.32 Å². The molecular formula is C23H23N3O3S. The van der Waals surface area contributed by atoms with Crippen molar-refractivity contribution in [1.29, 1.82) is 0 Å². The minimum Gasteiger partial charge on any atom is -0.322 e. The van der Waals surface area contributed by atoms with Gasteiger partial charge in [-0.2, -0.15) is 5.10 Å². The molecule has 1 amide bonds. The number of rotatable bonds is 6. The molecule has 0 bridgehead atoms. The number of benzene rings is 2. The Bertz CT molecular complexity index is 1220. The Kier molecular flexibility index (Phi) is 4.50. The third-order valence-electron chi connectivity index (χ3n) is 5.64. The predicted octanol–water partition coefficient (Wildman–Crippen LogP) is 4.28. The van der Waals surface area contributed by atoms with Crippen LogP contribution in [0.2, 0.25) is 0 Å². The van der Waals surface area contributed by atoms with Crippen LogP contribution in [0.5, 0.6) is 0 Å². The lowest BCUT2D eigenvalue weighted by molar-refractivity contribution is 0.102. The molecule has 1 N–H and O–H groups in total. The lowest BCUT2D eigenvalue weighted by atomic mass is 10.2. The molecule has 2 fully saturated rings. The first-order chi connectivity index (χ1) is 14.4. The third kappa shape index (κ3) is 3.89. The Morgan fingerprint density at radius 3 is 2.33 bits per heavy atom. The van der Waals surface area contributed by atoms with Gasteiger partial charge in [0.1, 0.15) is 0 Å². The maximum Gasteiger partial charge on any atom is 0.255 e. The maximum absolute atomic E-state index is 12.6. The largest absolute Gasteiger partial charge is 0.322 e. The van der Waals surface area contributed by atoms with Crippen LogP contribution in [0, 0.1) is 0 Å².